The maximum Gasteiger partial charge on any atom is 0.273 e. The Balaban J connectivity index is 1.44. The van der Waals surface area contributed by atoms with Gasteiger partial charge in [-0.1, -0.05) is 30.3 Å². The van der Waals surface area contributed by atoms with Crippen LogP contribution in [0.25, 0.3) is 10.6 Å². The van der Waals surface area contributed by atoms with Gasteiger partial charge in [-0.15, -0.1) is 11.3 Å². The van der Waals surface area contributed by atoms with E-state index in [0.29, 0.717) is 23.9 Å². The first-order valence-corrected chi connectivity index (χ1v) is 10.3. The molecule has 6 nitrogen and oxygen atoms in total. The molecule has 1 saturated heterocycles. The highest BCUT2D eigenvalue weighted by Gasteiger charge is 2.27. The van der Waals surface area contributed by atoms with Gasteiger partial charge in [0.15, 0.2) is 0 Å². The van der Waals surface area contributed by atoms with Crippen LogP contribution in [0.1, 0.15) is 34.8 Å². The summed E-state index contributed by atoms with van der Waals surface area (Å²) >= 11 is 1.49. The summed E-state index contributed by atoms with van der Waals surface area (Å²) in [5.74, 6) is 1.22. The Morgan fingerprint density at radius 2 is 2.00 bits per heavy atom. The zero-order valence-corrected chi connectivity index (χ0v) is 16.8. The van der Waals surface area contributed by atoms with Crippen LogP contribution in [0.5, 0.6) is 5.88 Å². The quantitative estimate of drug-likeness (QED) is 0.671. The Hall–Kier alpha value is -2.80. The van der Waals surface area contributed by atoms with Crippen molar-refractivity contribution < 1.29 is 9.53 Å². The lowest BCUT2D eigenvalue weighted by Gasteiger charge is -2.32. The van der Waals surface area contributed by atoms with E-state index in [-0.39, 0.29) is 12.0 Å². The Labute approximate surface area is 168 Å². The summed E-state index contributed by atoms with van der Waals surface area (Å²) in [6.07, 6.45) is 1.73. The summed E-state index contributed by atoms with van der Waals surface area (Å²) in [6, 6.07) is 11.8. The number of ether oxygens (including phenoxy) is 1. The SMILES string of the molecule is Cc1cc(OC2CCCN(C(=O)c3csc(-c4ccccc4)n3)C2)nc(C)n1. The summed E-state index contributed by atoms with van der Waals surface area (Å²) in [4.78, 5) is 27.9. The highest BCUT2D eigenvalue weighted by atomic mass is 32.1. The van der Waals surface area contributed by atoms with Gasteiger partial charge in [0.25, 0.3) is 5.91 Å². The van der Waals surface area contributed by atoms with Crippen LogP contribution >= 0.6 is 11.3 Å². The number of aromatic nitrogens is 3. The summed E-state index contributed by atoms with van der Waals surface area (Å²) < 4.78 is 6.04. The van der Waals surface area contributed by atoms with E-state index >= 15 is 0 Å². The van der Waals surface area contributed by atoms with Crippen LogP contribution in [0.3, 0.4) is 0 Å². The molecule has 1 atom stereocenters. The van der Waals surface area contributed by atoms with Gasteiger partial charge in [-0.05, 0) is 26.7 Å². The number of thiazole rings is 1. The summed E-state index contributed by atoms with van der Waals surface area (Å²) in [5, 5.41) is 2.70. The number of likely N-dealkylation sites (tertiary alicyclic amines) is 1. The molecular formula is C21H22N4O2S. The molecule has 0 spiro atoms. The third kappa shape index (κ3) is 4.20. The molecule has 1 fully saturated rings. The molecule has 1 amide bonds. The average molecular weight is 395 g/mol. The minimum Gasteiger partial charge on any atom is -0.472 e. The van der Waals surface area contributed by atoms with Gasteiger partial charge in [-0.25, -0.2) is 9.97 Å². The lowest BCUT2D eigenvalue weighted by atomic mass is 10.1. The lowest BCUT2D eigenvalue weighted by Crippen LogP contribution is -2.44. The standard InChI is InChI=1S/C21H22N4O2S/c1-14-11-19(23-15(2)22-14)27-17-9-6-10-25(12-17)21(26)18-13-28-20(24-18)16-7-4-3-5-8-16/h3-5,7-8,11,13,17H,6,9-10,12H2,1-2H3. The van der Waals surface area contributed by atoms with Crippen molar-refractivity contribution in [3.05, 3.63) is 59.0 Å². The lowest BCUT2D eigenvalue weighted by molar-refractivity contribution is 0.0522. The van der Waals surface area contributed by atoms with Gasteiger partial charge in [-0.3, -0.25) is 4.79 Å². The zero-order chi connectivity index (χ0) is 19.5. The Bertz CT molecular complexity index is 953. The third-order valence-corrected chi connectivity index (χ3v) is 5.53. The normalized spacial score (nSPS) is 16.8. The monoisotopic (exact) mass is 394 g/mol. The average Bonchev–Trinajstić information content (AvgIpc) is 3.18. The molecule has 2 aromatic heterocycles. The highest BCUT2D eigenvalue weighted by Crippen LogP contribution is 2.25. The predicted octanol–water partition coefficient (Wildman–Crippen LogP) is 3.90. The summed E-state index contributed by atoms with van der Waals surface area (Å²) in [6.45, 7) is 5.03. The van der Waals surface area contributed by atoms with Gasteiger partial charge in [0, 0.05) is 29.2 Å². The second-order valence-electron chi connectivity index (χ2n) is 6.93. The molecule has 0 radical (unpaired) electrons. The molecule has 1 unspecified atom stereocenters. The Morgan fingerprint density at radius 3 is 2.79 bits per heavy atom. The number of hydrogen-bond acceptors (Lipinski definition) is 6. The molecule has 1 aliphatic rings. The molecular weight excluding hydrogens is 372 g/mol. The molecule has 7 heteroatoms. The first-order valence-electron chi connectivity index (χ1n) is 9.37. The van der Waals surface area contributed by atoms with E-state index in [1.54, 1.807) is 0 Å². The van der Waals surface area contributed by atoms with Gasteiger partial charge >= 0.3 is 0 Å². The molecule has 144 valence electrons. The minimum absolute atomic E-state index is 0.0400. The largest absolute Gasteiger partial charge is 0.472 e. The van der Waals surface area contributed by atoms with E-state index in [2.05, 4.69) is 15.0 Å². The van der Waals surface area contributed by atoms with Crippen LogP contribution < -0.4 is 4.74 Å². The van der Waals surface area contributed by atoms with Gasteiger partial charge in [0.2, 0.25) is 5.88 Å². The number of nitrogens with zero attached hydrogens (tertiary/aromatic N) is 4. The second-order valence-corrected chi connectivity index (χ2v) is 7.79. The number of benzene rings is 1. The Kier molecular flexibility index (Phi) is 5.34. The van der Waals surface area contributed by atoms with Crippen LogP contribution in [0.2, 0.25) is 0 Å². The molecule has 28 heavy (non-hydrogen) atoms. The molecule has 0 aliphatic carbocycles. The summed E-state index contributed by atoms with van der Waals surface area (Å²) in [7, 11) is 0. The molecule has 3 aromatic rings. The molecule has 0 N–H and O–H groups in total. The van der Waals surface area contributed by atoms with Gasteiger partial charge in [0.1, 0.15) is 22.6 Å². The fraction of sp³-hybridized carbons (Fsp3) is 0.333. The first-order chi connectivity index (χ1) is 13.6. The maximum atomic E-state index is 12.9. The molecule has 0 saturated carbocycles. The van der Waals surface area contributed by atoms with Crippen LogP contribution in [-0.2, 0) is 0 Å². The Morgan fingerprint density at radius 1 is 1.18 bits per heavy atom. The van der Waals surface area contributed by atoms with Gasteiger partial charge < -0.3 is 9.64 Å². The molecule has 1 aliphatic heterocycles. The van der Waals surface area contributed by atoms with E-state index in [9.17, 15) is 4.79 Å². The van der Waals surface area contributed by atoms with Crippen molar-refractivity contribution in [3.63, 3.8) is 0 Å². The second kappa shape index (κ2) is 8.06. The van der Waals surface area contributed by atoms with E-state index < -0.39 is 0 Å². The number of carbonyl (C=O) groups is 1. The molecule has 1 aromatic carbocycles. The zero-order valence-electron chi connectivity index (χ0n) is 16.0. The minimum atomic E-state index is -0.0707. The van der Waals surface area contributed by atoms with Crippen molar-refractivity contribution in [3.8, 4) is 16.5 Å². The fourth-order valence-electron chi connectivity index (χ4n) is 3.38. The van der Waals surface area contributed by atoms with E-state index in [1.807, 2.05) is 60.5 Å². The van der Waals surface area contributed by atoms with E-state index in [4.69, 9.17) is 4.74 Å². The third-order valence-electron chi connectivity index (χ3n) is 4.64. The number of rotatable bonds is 4. The number of aryl methyl sites for hydroxylation is 2. The van der Waals surface area contributed by atoms with Crippen molar-refractivity contribution >= 4 is 17.2 Å². The van der Waals surface area contributed by atoms with Gasteiger partial charge in [0.05, 0.1) is 6.54 Å². The molecule has 4 rings (SSSR count). The topological polar surface area (TPSA) is 68.2 Å². The fourth-order valence-corrected chi connectivity index (χ4v) is 4.18. The predicted molar refractivity (Wildman–Crippen MR) is 109 cm³/mol. The van der Waals surface area contributed by atoms with Crippen LogP contribution in [0.4, 0.5) is 0 Å². The van der Waals surface area contributed by atoms with E-state index in [1.165, 1.54) is 11.3 Å². The van der Waals surface area contributed by atoms with Crippen LogP contribution in [-0.4, -0.2) is 45.0 Å². The van der Waals surface area contributed by atoms with E-state index in [0.717, 1.165) is 35.7 Å². The van der Waals surface area contributed by atoms with Crippen molar-refractivity contribution in [1.29, 1.82) is 0 Å². The number of carbonyl (C=O) groups excluding carboxylic acids is 1. The van der Waals surface area contributed by atoms with Crippen molar-refractivity contribution in [2.45, 2.75) is 32.8 Å². The highest BCUT2D eigenvalue weighted by molar-refractivity contribution is 7.13. The first kappa shape index (κ1) is 18.6. The van der Waals surface area contributed by atoms with Gasteiger partial charge in [-0.2, -0.15) is 4.98 Å². The molecule has 3 heterocycles. The number of amides is 1. The van der Waals surface area contributed by atoms with Crippen molar-refractivity contribution in [2.75, 3.05) is 13.1 Å². The number of hydrogen-bond donors (Lipinski definition) is 0. The summed E-state index contributed by atoms with van der Waals surface area (Å²) in [5.41, 5.74) is 2.40. The molecule has 0 bridgehead atoms. The van der Waals surface area contributed by atoms with Crippen LogP contribution in [0.15, 0.2) is 41.8 Å². The smallest absolute Gasteiger partial charge is 0.273 e. The maximum absolute atomic E-state index is 12.9. The van der Waals surface area contributed by atoms with Crippen molar-refractivity contribution in [2.24, 2.45) is 0 Å². The van der Waals surface area contributed by atoms with Crippen LogP contribution in [0, 0.1) is 13.8 Å². The van der Waals surface area contributed by atoms with Crippen molar-refractivity contribution in [1.82, 2.24) is 19.9 Å². The number of piperidine rings is 1.